The number of benzene rings is 3. The molecule has 2 unspecified atom stereocenters. The number of nitrogens with one attached hydrogen (secondary N) is 1. The fraction of sp³-hybridized carbons (Fsp3) is 0.323. The number of methoxy groups -OCH3 is 1. The minimum absolute atomic E-state index is 0.119. The molecule has 6 rings (SSSR count). The number of aryl methyl sites for hydroxylation is 1. The van der Waals surface area contributed by atoms with Crippen LogP contribution in [-0.2, 0) is 36.5 Å². The standard InChI is InChI=1S/C31H32N2O2/c1-33-27-14-7-6-13-24(27)25-19-26-30(29(34)17-21-9-4-3-5-10-21)32-16-15-31(26,20-28(25)33)22-11-8-12-23(18-22)35-2/h3-14,18,26,30,32H,15-17,19-20H2,1-2H3/t26?,30?,31-/m1/s1. The van der Waals surface area contributed by atoms with Crippen molar-refractivity contribution in [3.63, 3.8) is 0 Å². The number of rotatable bonds is 5. The SMILES string of the molecule is COc1cccc([C@]23CCNC(C(=O)Cc4ccccc4)C2Cc2c(n(C)c4ccccc24)C3)c1. The van der Waals surface area contributed by atoms with Gasteiger partial charge in [-0.2, -0.15) is 0 Å². The lowest BCUT2D eigenvalue weighted by Crippen LogP contribution is -2.60. The van der Waals surface area contributed by atoms with Gasteiger partial charge in [0.05, 0.1) is 13.2 Å². The van der Waals surface area contributed by atoms with Crippen LogP contribution in [0, 0.1) is 5.92 Å². The Balaban J connectivity index is 1.49. The van der Waals surface area contributed by atoms with Gasteiger partial charge in [0.1, 0.15) is 5.75 Å². The molecule has 178 valence electrons. The van der Waals surface area contributed by atoms with Gasteiger partial charge in [-0.3, -0.25) is 4.79 Å². The first kappa shape index (κ1) is 22.1. The number of carbonyl (C=O) groups excluding carboxylic acids is 1. The summed E-state index contributed by atoms with van der Waals surface area (Å²) in [5.74, 6) is 1.35. The highest BCUT2D eigenvalue weighted by Crippen LogP contribution is 2.50. The molecule has 0 spiro atoms. The van der Waals surface area contributed by atoms with Gasteiger partial charge in [-0.15, -0.1) is 0 Å². The van der Waals surface area contributed by atoms with E-state index in [0.29, 0.717) is 6.42 Å². The quantitative estimate of drug-likeness (QED) is 0.451. The Labute approximate surface area is 206 Å². The Kier molecular flexibility index (Phi) is 5.49. The molecule has 0 saturated carbocycles. The molecule has 4 aromatic rings. The van der Waals surface area contributed by atoms with E-state index in [4.69, 9.17) is 4.74 Å². The van der Waals surface area contributed by atoms with E-state index >= 15 is 0 Å². The van der Waals surface area contributed by atoms with Gasteiger partial charge in [-0.25, -0.2) is 0 Å². The minimum atomic E-state index is -0.178. The number of Topliss-reactive ketones (excluding diaryl/α,β-unsaturated/α-hetero) is 1. The number of piperidine rings is 1. The van der Waals surface area contributed by atoms with E-state index in [9.17, 15) is 4.79 Å². The average molecular weight is 465 g/mol. The van der Waals surface area contributed by atoms with Crippen LogP contribution >= 0.6 is 0 Å². The molecule has 1 fully saturated rings. The molecule has 2 heterocycles. The number of fused-ring (bicyclic) bond motifs is 4. The van der Waals surface area contributed by atoms with E-state index in [-0.39, 0.29) is 23.2 Å². The highest BCUT2D eigenvalue weighted by Gasteiger charge is 2.52. The molecular weight excluding hydrogens is 432 g/mol. The number of nitrogens with zero attached hydrogens (tertiary/aromatic N) is 1. The Bertz CT molecular complexity index is 1390. The monoisotopic (exact) mass is 464 g/mol. The molecule has 3 atom stereocenters. The van der Waals surface area contributed by atoms with Gasteiger partial charge in [-0.1, -0.05) is 60.7 Å². The van der Waals surface area contributed by atoms with Gasteiger partial charge in [0.15, 0.2) is 5.78 Å². The van der Waals surface area contributed by atoms with E-state index in [1.54, 1.807) is 7.11 Å². The Morgan fingerprint density at radius 3 is 2.69 bits per heavy atom. The van der Waals surface area contributed by atoms with Crippen molar-refractivity contribution in [2.75, 3.05) is 13.7 Å². The molecular formula is C31H32N2O2. The third-order valence-corrected chi connectivity index (χ3v) is 8.51. The molecule has 4 heteroatoms. The lowest BCUT2D eigenvalue weighted by Gasteiger charge is -2.51. The predicted molar refractivity (Wildman–Crippen MR) is 140 cm³/mol. The van der Waals surface area contributed by atoms with Crippen molar-refractivity contribution in [3.8, 4) is 5.75 Å². The summed E-state index contributed by atoms with van der Waals surface area (Å²) in [6.45, 7) is 0.832. The van der Waals surface area contributed by atoms with Crippen LogP contribution in [0.4, 0.5) is 0 Å². The Morgan fingerprint density at radius 2 is 1.86 bits per heavy atom. The Hall–Kier alpha value is -3.37. The van der Waals surface area contributed by atoms with Crippen molar-refractivity contribution in [2.45, 2.75) is 37.1 Å². The minimum Gasteiger partial charge on any atom is -0.497 e. The summed E-state index contributed by atoms with van der Waals surface area (Å²) in [5, 5.41) is 4.98. The molecule has 1 saturated heterocycles. The third kappa shape index (κ3) is 3.59. The summed E-state index contributed by atoms with van der Waals surface area (Å²) in [5.41, 5.74) is 6.34. The third-order valence-electron chi connectivity index (χ3n) is 8.51. The molecule has 1 aromatic heterocycles. The maximum atomic E-state index is 13.8. The fourth-order valence-electron chi connectivity index (χ4n) is 6.76. The molecule has 2 aliphatic rings. The first-order chi connectivity index (χ1) is 17.1. The summed E-state index contributed by atoms with van der Waals surface area (Å²) in [7, 11) is 3.92. The second-order valence-electron chi connectivity index (χ2n) is 10.2. The summed E-state index contributed by atoms with van der Waals surface area (Å²) < 4.78 is 8.01. The van der Waals surface area contributed by atoms with Crippen LogP contribution in [0.1, 0.15) is 28.8 Å². The molecule has 1 aliphatic carbocycles. The van der Waals surface area contributed by atoms with Crippen LogP contribution < -0.4 is 10.1 Å². The van der Waals surface area contributed by atoms with Crippen molar-refractivity contribution in [3.05, 3.63) is 101 Å². The first-order valence-electron chi connectivity index (χ1n) is 12.6. The summed E-state index contributed by atoms with van der Waals surface area (Å²) in [6, 6.07) is 27.2. The zero-order chi connectivity index (χ0) is 24.0. The van der Waals surface area contributed by atoms with Gasteiger partial charge in [-0.05, 0) is 66.6 Å². The molecule has 1 aliphatic heterocycles. The van der Waals surface area contributed by atoms with E-state index in [1.807, 2.05) is 24.3 Å². The predicted octanol–water partition coefficient (Wildman–Crippen LogP) is 5.01. The highest BCUT2D eigenvalue weighted by molar-refractivity contribution is 5.89. The van der Waals surface area contributed by atoms with Gasteiger partial charge in [0.25, 0.3) is 0 Å². The average Bonchev–Trinajstić information content (AvgIpc) is 3.18. The van der Waals surface area contributed by atoms with Crippen molar-refractivity contribution >= 4 is 16.7 Å². The molecule has 4 nitrogen and oxygen atoms in total. The van der Waals surface area contributed by atoms with Crippen molar-refractivity contribution in [2.24, 2.45) is 13.0 Å². The van der Waals surface area contributed by atoms with Crippen LogP contribution in [0.5, 0.6) is 5.75 Å². The summed E-state index contributed by atoms with van der Waals surface area (Å²) in [6.07, 6.45) is 3.29. The normalized spacial score (nSPS) is 23.5. The molecule has 0 bridgehead atoms. The fourth-order valence-corrected chi connectivity index (χ4v) is 6.76. The zero-order valence-electron chi connectivity index (χ0n) is 20.5. The van der Waals surface area contributed by atoms with Gasteiger partial charge in [0.2, 0.25) is 0 Å². The van der Waals surface area contributed by atoms with Crippen LogP contribution in [0.15, 0.2) is 78.9 Å². The largest absolute Gasteiger partial charge is 0.497 e. The van der Waals surface area contributed by atoms with Crippen LogP contribution in [-0.4, -0.2) is 30.0 Å². The molecule has 0 amide bonds. The van der Waals surface area contributed by atoms with Crippen molar-refractivity contribution < 1.29 is 9.53 Å². The van der Waals surface area contributed by atoms with Gasteiger partial charge in [0, 0.05) is 35.5 Å². The van der Waals surface area contributed by atoms with Crippen molar-refractivity contribution in [1.29, 1.82) is 0 Å². The molecule has 1 N–H and O–H groups in total. The zero-order valence-corrected chi connectivity index (χ0v) is 20.5. The lowest BCUT2D eigenvalue weighted by atomic mass is 9.56. The maximum absolute atomic E-state index is 13.8. The number of carbonyl (C=O) groups is 1. The maximum Gasteiger partial charge on any atom is 0.154 e. The summed E-state index contributed by atoms with van der Waals surface area (Å²) in [4.78, 5) is 13.8. The van der Waals surface area contributed by atoms with Gasteiger partial charge < -0.3 is 14.6 Å². The molecule has 35 heavy (non-hydrogen) atoms. The number of ketones is 1. The molecule has 3 aromatic carbocycles. The van der Waals surface area contributed by atoms with E-state index in [0.717, 1.165) is 37.1 Å². The van der Waals surface area contributed by atoms with E-state index < -0.39 is 0 Å². The molecule has 0 radical (unpaired) electrons. The number of hydrogen-bond acceptors (Lipinski definition) is 3. The van der Waals surface area contributed by atoms with Crippen LogP contribution in [0.25, 0.3) is 10.9 Å². The van der Waals surface area contributed by atoms with Crippen LogP contribution in [0.2, 0.25) is 0 Å². The lowest BCUT2D eigenvalue weighted by molar-refractivity contribution is -0.123. The number of ether oxygens (including phenoxy) is 1. The first-order valence-corrected chi connectivity index (χ1v) is 12.6. The van der Waals surface area contributed by atoms with E-state index in [2.05, 4.69) is 71.5 Å². The van der Waals surface area contributed by atoms with Crippen molar-refractivity contribution in [1.82, 2.24) is 9.88 Å². The second-order valence-corrected chi connectivity index (χ2v) is 10.2. The van der Waals surface area contributed by atoms with E-state index in [1.165, 1.54) is 27.7 Å². The topological polar surface area (TPSA) is 43.3 Å². The van der Waals surface area contributed by atoms with Crippen LogP contribution in [0.3, 0.4) is 0 Å². The second kappa shape index (κ2) is 8.69. The number of aromatic nitrogens is 1. The Morgan fingerprint density at radius 1 is 1.06 bits per heavy atom. The smallest absolute Gasteiger partial charge is 0.154 e. The highest BCUT2D eigenvalue weighted by atomic mass is 16.5. The number of para-hydroxylation sites is 1. The summed E-state index contributed by atoms with van der Waals surface area (Å²) >= 11 is 0. The van der Waals surface area contributed by atoms with Gasteiger partial charge >= 0.3 is 0 Å². The number of hydrogen-bond donors (Lipinski definition) is 1.